The molecule has 0 N–H and O–H groups in total. The van der Waals surface area contributed by atoms with E-state index in [9.17, 15) is 4.79 Å². The number of ether oxygens (including phenoxy) is 1. The zero-order valence-electron chi connectivity index (χ0n) is 15.1. The van der Waals surface area contributed by atoms with Gasteiger partial charge < -0.3 is 4.74 Å². The van der Waals surface area contributed by atoms with Crippen molar-refractivity contribution in [1.82, 2.24) is 4.90 Å². The van der Waals surface area contributed by atoms with Crippen LogP contribution < -0.4 is 0 Å². The molecule has 0 saturated heterocycles. The van der Waals surface area contributed by atoms with Crippen molar-refractivity contribution in [2.24, 2.45) is 10.2 Å². The van der Waals surface area contributed by atoms with Gasteiger partial charge in [-0.1, -0.05) is 37.6 Å². The Labute approximate surface area is 144 Å². The zero-order valence-corrected chi connectivity index (χ0v) is 15.1. The third kappa shape index (κ3) is 5.80. The van der Waals surface area contributed by atoms with Gasteiger partial charge in [0.25, 0.3) is 0 Å². The second kappa shape index (κ2) is 8.08. The minimum atomic E-state index is -0.515. The lowest BCUT2D eigenvalue weighted by molar-refractivity contribution is 0.0251. The lowest BCUT2D eigenvalue weighted by Crippen LogP contribution is -2.37. The predicted molar refractivity (Wildman–Crippen MR) is 94.9 cm³/mol. The van der Waals surface area contributed by atoms with Gasteiger partial charge in [-0.3, -0.25) is 4.90 Å². The minimum Gasteiger partial charge on any atom is -0.444 e. The fraction of sp³-hybridized carbons (Fsp3) is 0.526. The Kier molecular flexibility index (Phi) is 6.12. The maximum atomic E-state index is 12.5. The van der Waals surface area contributed by atoms with Gasteiger partial charge in [-0.15, -0.1) is 0 Å². The second-order valence-corrected chi connectivity index (χ2v) is 7.11. The topological polar surface area (TPSA) is 54.3 Å². The van der Waals surface area contributed by atoms with E-state index in [4.69, 9.17) is 4.74 Å². The quantitative estimate of drug-likeness (QED) is 0.758. The molecule has 0 bridgehead atoms. The molecule has 2 rings (SSSR count). The highest BCUT2D eigenvalue weighted by Crippen LogP contribution is 2.16. The number of aryl methyl sites for hydroxylation is 1. The molecule has 1 heterocycles. The zero-order chi connectivity index (χ0) is 17.6. The number of rotatable bonds is 6. The highest BCUT2D eigenvalue weighted by Gasteiger charge is 2.23. The maximum Gasteiger partial charge on any atom is 0.410 e. The summed E-state index contributed by atoms with van der Waals surface area (Å²) in [6.45, 7) is 9.35. The van der Waals surface area contributed by atoms with Crippen LogP contribution in [0, 0.1) is 0 Å². The second-order valence-electron chi connectivity index (χ2n) is 7.11. The maximum absolute atomic E-state index is 12.5. The molecule has 0 aromatic heterocycles. The largest absolute Gasteiger partial charge is 0.444 e. The first-order valence-electron chi connectivity index (χ1n) is 8.47. The Hall–Kier alpha value is -2.17. The number of nitrogens with zero attached hydrogens (tertiary/aromatic N) is 3. The van der Waals surface area contributed by atoms with E-state index in [-0.39, 0.29) is 6.09 Å². The van der Waals surface area contributed by atoms with Gasteiger partial charge in [-0.25, -0.2) is 4.79 Å². The fourth-order valence-corrected chi connectivity index (χ4v) is 2.46. The highest BCUT2D eigenvalue weighted by molar-refractivity contribution is 5.68. The number of benzene rings is 1. The Balaban J connectivity index is 2.07. The highest BCUT2D eigenvalue weighted by atomic mass is 16.6. The standard InChI is InChI=1S/C19H27N3O2/c1-5-6-15-7-9-16(10-8-15)13-22(14-17-11-20-21-12-17)18(23)24-19(2,3)4/h7-11H,5-6,12-14H2,1-4H3. The summed E-state index contributed by atoms with van der Waals surface area (Å²) in [6, 6.07) is 8.43. The Bertz CT molecular complexity index is 612. The van der Waals surface area contributed by atoms with Crippen LogP contribution in [0.25, 0.3) is 0 Å². The van der Waals surface area contributed by atoms with Gasteiger partial charge >= 0.3 is 6.09 Å². The monoisotopic (exact) mass is 329 g/mol. The third-order valence-corrected chi connectivity index (χ3v) is 3.58. The van der Waals surface area contributed by atoms with Crippen LogP contribution in [0.5, 0.6) is 0 Å². The van der Waals surface area contributed by atoms with Crippen LogP contribution in [0.3, 0.4) is 0 Å². The summed E-state index contributed by atoms with van der Waals surface area (Å²) in [5.41, 5.74) is 2.91. The average Bonchev–Trinajstić information content (AvgIpc) is 3.00. The van der Waals surface area contributed by atoms with Crippen LogP contribution in [-0.2, 0) is 17.7 Å². The first kappa shape index (κ1) is 18.2. The SMILES string of the molecule is CCCc1ccc(CN(CC2=CN=NC2)C(=O)OC(C)(C)C)cc1. The van der Waals surface area contributed by atoms with Crippen molar-refractivity contribution in [3.63, 3.8) is 0 Å². The third-order valence-electron chi connectivity index (χ3n) is 3.58. The lowest BCUT2D eigenvalue weighted by atomic mass is 10.1. The molecule has 0 aliphatic carbocycles. The van der Waals surface area contributed by atoms with Gasteiger partial charge in [0.1, 0.15) is 5.60 Å². The molecular formula is C19H27N3O2. The van der Waals surface area contributed by atoms with E-state index < -0.39 is 5.60 Å². The van der Waals surface area contributed by atoms with Gasteiger partial charge in [0, 0.05) is 13.1 Å². The molecule has 1 aliphatic heterocycles. The van der Waals surface area contributed by atoms with Gasteiger partial charge in [0.2, 0.25) is 0 Å². The van der Waals surface area contributed by atoms with Crippen molar-refractivity contribution in [1.29, 1.82) is 0 Å². The molecule has 130 valence electrons. The molecule has 24 heavy (non-hydrogen) atoms. The van der Waals surface area contributed by atoms with E-state index in [0.29, 0.717) is 19.6 Å². The molecule has 0 unspecified atom stereocenters. The van der Waals surface area contributed by atoms with Crippen molar-refractivity contribution in [2.75, 3.05) is 13.1 Å². The number of hydrogen-bond acceptors (Lipinski definition) is 4. The number of amides is 1. The molecule has 1 aromatic carbocycles. The molecule has 5 nitrogen and oxygen atoms in total. The molecule has 0 fully saturated rings. The van der Waals surface area contributed by atoms with Crippen LogP contribution >= 0.6 is 0 Å². The Morgan fingerprint density at radius 3 is 2.38 bits per heavy atom. The van der Waals surface area contributed by atoms with Crippen molar-refractivity contribution in [3.8, 4) is 0 Å². The minimum absolute atomic E-state index is 0.312. The Morgan fingerprint density at radius 1 is 1.17 bits per heavy atom. The predicted octanol–water partition coefficient (Wildman–Crippen LogP) is 4.73. The van der Waals surface area contributed by atoms with E-state index in [1.54, 1.807) is 11.1 Å². The van der Waals surface area contributed by atoms with Crippen LogP contribution in [0.15, 0.2) is 46.3 Å². The van der Waals surface area contributed by atoms with Crippen molar-refractivity contribution in [3.05, 3.63) is 47.2 Å². The number of azo groups is 1. The molecular weight excluding hydrogens is 302 g/mol. The van der Waals surface area contributed by atoms with Gasteiger partial charge in [-0.05, 0) is 43.9 Å². The van der Waals surface area contributed by atoms with Crippen LogP contribution in [0.4, 0.5) is 4.79 Å². The molecule has 0 spiro atoms. The molecule has 1 amide bonds. The summed E-state index contributed by atoms with van der Waals surface area (Å²) >= 11 is 0. The molecule has 0 atom stereocenters. The van der Waals surface area contributed by atoms with Crippen LogP contribution in [0.1, 0.15) is 45.2 Å². The van der Waals surface area contributed by atoms with Crippen molar-refractivity contribution >= 4 is 6.09 Å². The summed E-state index contributed by atoms with van der Waals surface area (Å²) in [4.78, 5) is 14.2. The van der Waals surface area contributed by atoms with Crippen LogP contribution in [0.2, 0.25) is 0 Å². The van der Waals surface area contributed by atoms with E-state index in [1.807, 2.05) is 20.8 Å². The summed E-state index contributed by atoms with van der Waals surface area (Å²) in [5, 5.41) is 7.82. The van der Waals surface area contributed by atoms with E-state index in [1.165, 1.54) is 5.56 Å². The normalized spacial score (nSPS) is 13.8. The molecule has 0 saturated carbocycles. The van der Waals surface area contributed by atoms with Crippen LogP contribution in [-0.4, -0.2) is 29.7 Å². The fourth-order valence-electron chi connectivity index (χ4n) is 2.46. The molecule has 5 heteroatoms. The number of carbonyl (C=O) groups is 1. The molecule has 1 aromatic rings. The smallest absolute Gasteiger partial charge is 0.410 e. The first-order chi connectivity index (χ1) is 11.4. The first-order valence-corrected chi connectivity index (χ1v) is 8.47. The van der Waals surface area contributed by atoms with E-state index in [0.717, 1.165) is 24.0 Å². The summed E-state index contributed by atoms with van der Waals surface area (Å²) in [5.74, 6) is 0. The van der Waals surface area contributed by atoms with Crippen molar-refractivity contribution < 1.29 is 9.53 Å². The molecule has 1 aliphatic rings. The number of carbonyl (C=O) groups excluding carboxylic acids is 1. The van der Waals surface area contributed by atoms with E-state index in [2.05, 4.69) is 41.4 Å². The Morgan fingerprint density at radius 2 is 1.83 bits per heavy atom. The van der Waals surface area contributed by atoms with Crippen molar-refractivity contribution in [2.45, 2.75) is 52.7 Å². The lowest BCUT2D eigenvalue weighted by Gasteiger charge is -2.27. The number of hydrogen-bond donors (Lipinski definition) is 0. The van der Waals surface area contributed by atoms with E-state index >= 15 is 0 Å². The summed E-state index contributed by atoms with van der Waals surface area (Å²) in [6.07, 6.45) is 3.62. The van der Waals surface area contributed by atoms with Gasteiger partial charge in [0.05, 0.1) is 12.7 Å². The average molecular weight is 329 g/mol. The summed E-state index contributed by atoms with van der Waals surface area (Å²) in [7, 11) is 0. The molecule has 0 radical (unpaired) electrons. The van der Waals surface area contributed by atoms with Gasteiger partial charge in [-0.2, -0.15) is 10.2 Å². The summed E-state index contributed by atoms with van der Waals surface area (Å²) < 4.78 is 5.54. The van der Waals surface area contributed by atoms with Gasteiger partial charge in [0.15, 0.2) is 0 Å².